The van der Waals surface area contributed by atoms with E-state index in [2.05, 4.69) is 25.9 Å². The number of hydrogen-bond acceptors (Lipinski definition) is 5. The van der Waals surface area contributed by atoms with Crippen LogP contribution in [0.4, 0.5) is 5.82 Å². The van der Waals surface area contributed by atoms with E-state index in [1.807, 2.05) is 12.1 Å². The molecule has 1 amide bonds. The molecule has 7 nitrogen and oxygen atoms in total. The van der Waals surface area contributed by atoms with Gasteiger partial charge < -0.3 is 0 Å². The van der Waals surface area contributed by atoms with Crippen molar-refractivity contribution >= 4 is 57.6 Å². The smallest absolute Gasteiger partial charge is 0.271 e. The first kappa shape index (κ1) is 18.5. The monoisotopic (exact) mass is 432 g/mol. The molecule has 28 heavy (non-hydrogen) atoms. The molecule has 0 radical (unpaired) electrons. The summed E-state index contributed by atoms with van der Waals surface area (Å²) in [5, 5.41) is 6.29. The Balaban J connectivity index is 1.59. The predicted molar refractivity (Wildman–Crippen MR) is 109 cm³/mol. The molecule has 2 aromatic heterocycles. The molecule has 10 heteroatoms. The van der Waals surface area contributed by atoms with Crippen molar-refractivity contribution in [3.63, 3.8) is 0 Å². The van der Waals surface area contributed by atoms with Crippen LogP contribution in [0.5, 0.6) is 0 Å². The maximum Gasteiger partial charge on any atom is 0.271 e. The van der Waals surface area contributed by atoms with E-state index in [9.17, 15) is 4.79 Å². The summed E-state index contributed by atoms with van der Waals surface area (Å²) >= 11 is 17.9. The number of carbonyl (C=O) groups is 1. The van der Waals surface area contributed by atoms with Crippen LogP contribution in [0.3, 0.4) is 0 Å². The molecule has 0 aliphatic rings. The van der Waals surface area contributed by atoms with Gasteiger partial charge in [0, 0.05) is 10.0 Å². The van der Waals surface area contributed by atoms with Crippen LogP contribution in [0.15, 0.2) is 55.0 Å². The lowest BCUT2D eigenvalue weighted by atomic mass is 10.2. The molecule has 0 saturated heterocycles. The van der Waals surface area contributed by atoms with E-state index in [-0.39, 0.29) is 10.6 Å². The van der Waals surface area contributed by atoms with Crippen molar-refractivity contribution in [3.05, 3.63) is 75.6 Å². The van der Waals surface area contributed by atoms with Gasteiger partial charge in [-0.2, -0.15) is 5.10 Å². The number of amides is 1. The van der Waals surface area contributed by atoms with Gasteiger partial charge in [-0.15, -0.1) is 0 Å². The van der Waals surface area contributed by atoms with Gasteiger partial charge in [0.25, 0.3) is 5.91 Å². The molecule has 0 unspecified atom stereocenters. The first-order valence-electron chi connectivity index (χ1n) is 7.99. The van der Waals surface area contributed by atoms with Crippen LogP contribution < -0.4 is 10.9 Å². The molecule has 0 saturated carbocycles. The number of hydrogen-bond donors (Lipinski definition) is 2. The van der Waals surface area contributed by atoms with E-state index in [1.54, 1.807) is 29.1 Å². The van der Waals surface area contributed by atoms with Crippen LogP contribution >= 0.6 is 34.8 Å². The van der Waals surface area contributed by atoms with E-state index in [0.29, 0.717) is 26.9 Å². The molecule has 2 aromatic carbocycles. The Morgan fingerprint density at radius 1 is 0.964 bits per heavy atom. The Morgan fingerprint density at radius 2 is 1.71 bits per heavy atom. The fraction of sp³-hybridized carbons (Fsp3) is 0. The van der Waals surface area contributed by atoms with Gasteiger partial charge in [-0.05, 0) is 42.5 Å². The second kappa shape index (κ2) is 7.63. The lowest BCUT2D eigenvalue weighted by Gasteiger charge is -2.10. The summed E-state index contributed by atoms with van der Waals surface area (Å²) in [7, 11) is 0. The number of fused-ring (bicyclic) bond motifs is 1. The lowest BCUT2D eigenvalue weighted by molar-refractivity contribution is 0.0962. The zero-order chi connectivity index (χ0) is 19.7. The summed E-state index contributed by atoms with van der Waals surface area (Å²) in [6, 6.07) is 11.8. The van der Waals surface area contributed by atoms with Crippen molar-refractivity contribution < 1.29 is 4.79 Å². The summed E-state index contributed by atoms with van der Waals surface area (Å²) < 4.78 is 1.65. The quantitative estimate of drug-likeness (QED) is 0.462. The Hall–Kier alpha value is -2.87. The fourth-order valence-corrected chi connectivity index (χ4v) is 3.19. The van der Waals surface area contributed by atoms with E-state index < -0.39 is 5.91 Å². The molecule has 140 valence electrons. The van der Waals surface area contributed by atoms with Crippen LogP contribution in [-0.4, -0.2) is 25.7 Å². The second-order valence-corrected chi connectivity index (χ2v) is 6.98. The molecule has 4 aromatic rings. The minimum Gasteiger partial charge on any atom is -0.281 e. The number of rotatable bonds is 4. The molecule has 0 spiro atoms. The number of hydrazine groups is 1. The van der Waals surface area contributed by atoms with Crippen LogP contribution in [0.25, 0.3) is 16.7 Å². The molecule has 2 heterocycles. The topological polar surface area (TPSA) is 84.7 Å². The van der Waals surface area contributed by atoms with Gasteiger partial charge in [0.15, 0.2) is 11.5 Å². The number of aromatic nitrogens is 4. The first-order valence-corrected chi connectivity index (χ1v) is 9.12. The third-order valence-electron chi connectivity index (χ3n) is 3.91. The number of nitrogens with zero attached hydrogens (tertiary/aromatic N) is 4. The van der Waals surface area contributed by atoms with Crippen molar-refractivity contribution in [2.24, 2.45) is 0 Å². The average molecular weight is 434 g/mol. The summed E-state index contributed by atoms with van der Waals surface area (Å²) in [4.78, 5) is 20.8. The van der Waals surface area contributed by atoms with Crippen molar-refractivity contribution in [2.45, 2.75) is 0 Å². The highest BCUT2D eigenvalue weighted by molar-refractivity contribution is 6.36. The van der Waals surface area contributed by atoms with Gasteiger partial charge in [-0.1, -0.05) is 34.8 Å². The van der Waals surface area contributed by atoms with Gasteiger partial charge in [0.2, 0.25) is 0 Å². The van der Waals surface area contributed by atoms with E-state index in [4.69, 9.17) is 34.8 Å². The van der Waals surface area contributed by atoms with Gasteiger partial charge in [0.05, 0.1) is 27.9 Å². The summed E-state index contributed by atoms with van der Waals surface area (Å²) in [6.45, 7) is 0. The van der Waals surface area contributed by atoms with Crippen LogP contribution in [0, 0.1) is 0 Å². The zero-order valence-corrected chi connectivity index (χ0v) is 16.3. The first-order chi connectivity index (χ1) is 13.5. The highest BCUT2D eigenvalue weighted by Gasteiger charge is 2.14. The highest BCUT2D eigenvalue weighted by Crippen LogP contribution is 2.23. The second-order valence-electron chi connectivity index (χ2n) is 5.70. The van der Waals surface area contributed by atoms with Crippen molar-refractivity contribution in [1.82, 2.24) is 25.2 Å². The largest absolute Gasteiger partial charge is 0.281 e. The molecule has 0 atom stereocenters. The standard InChI is InChI=1S/C18H11Cl3N6O/c19-10-1-4-12(5-2-10)27-17-14(8-24-27)16(22-9-23-17)25-26-18(28)13-6-3-11(20)7-15(13)21/h1-9H,(H,26,28)(H,22,23,25). The summed E-state index contributed by atoms with van der Waals surface area (Å²) in [6.07, 6.45) is 2.98. The number of anilines is 1. The third-order valence-corrected chi connectivity index (χ3v) is 4.71. The maximum atomic E-state index is 12.4. The lowest BCUT2D eigenvalue weighted by Crippen LogP contribution is -2.30. The minimum atomic E-state index is -0.432. The summed E-state index contributed by atoms with van der Waals surface area (Å²) in [5.41, 5.74) is 6.99. The number of nitrogens with one attached hydrogen (secondary N) is 2. The molecule has 0 aliphatic heterocycles. The minimum absolute atomic E-state index is 0.246. The van der Waals surface area contributed by atoms with Gasteiger partial charge in [0.1, 0.15) is 6.33 Å². The van der Waals surface area contributed by atoms with Gasteiger partial charge >= 0.3 is 0 Å². The van der Waals surface area contributed by atoms with Crippen LogP contribution in [0.1, 0.15) is 10.4 Å². The Bertz CT molecular complexity index is 1180. The predicted octanol–water partition coefficient (Wildman–Crippen LogP) is 4.53. The van der Waals surface area contributed by atoms with E-state index >= 15 is 0 Å². The number of halogens is 3. The van der Waals surface area contributed by atoms with Gasteiger partial charge in [-0.3, -0.25) is 15.6 Å². The fourth-order valence-electron chi connectivity index (χ4n) is 2.57. The normalized spacial score (nSPS) is 10.8. The molecule has 0 bridgehead atoms. The number of benzene rings is 2. The zero-order valence-electron chi connectivity index (χ0n) is 14.0. The maximum absolute atomic E-state index is 12.4. The molecular weight excluding hydrogens is 423 g/mol. The van der Waals surface area contributed by atoms with Crippen molar-refractivity contribution in [2.75, 3.05) is 5.43 Å². The van der Waals surface area contributed by atoms with Crippen molar-refractivity contribution in [1.29, 1.82) is 0 Å². The van der Waals surface area contributed by atoms with Gasteiger partial charge in [-0.25, -0.2) is 14.6 Å². The molecule has 4 rings (SSSR count). The van der Waals surface area contributed by atoms with Crippen LogP contribution in [0.2, 0.25) is 15.1 Å². The van der Waals surface area contributed by atoms with Crippen LogP contribution in [-0.2, 0) is 0 Å². The molecule has 0 aliphatic carbocycles. The Labute approximate surface area is 174 Å². The summed E-state index contributed by atoms with van der Waals surface area (Å²) in [5.74, 6) is -0.0397. The number of carbonyl (C=O) groups excluding carboxylic acids is 1. The average Bonchev–Trinajstić information content (AvgIpc) is 3.11. The highest BCUT2D eigenvalue weighted by atomic mass is 35.5. The molecule has 2 N–H and O–H groups in total. The van der Waals surface area contributed by atoms with Crippen molar-refractivity contribution in [3.8, 4) is 5.69 Å². The van der Waals surface area contributed by atoms with E-state index in [0.717, 1.165) is 5.69 Å². The Kier molecular flexibility index (Phi) is 5.04. The van der Waals surface area contributed by atoms with E-state index in [1.165, 1.54) is 18.5 Å². The molecular formula is C18H11Cl3N6O. The third kappa shape index (κ3) is 3.60. The SMILES string of the molecule is O=C(NNc1ncnc2c1cnn2-c1ccc(Cl)cc1)c1ccc(Cl)cc1Cl. The Morgan fingerprint density at radius 3 is 2.46 bits per heavy atom. The molecule has 0 fully saturated rings.